The fourth-order valence-corrected chi connectivity index (χ4v) is 4.69. The summed E-state index contributed by atoms with van der Waals surface area (Å²) in [5, 5.41) is 13.7. The van der Waals surface area contributed by atoms with Crippen LogP contribution in [0.3, 0.4) is 0 Å². The van der Waals surface area contributed by atoms with Crippen LogP contribution in [0, 0.1) is 5.82 Å². The highest BCUT2D eigenvalue weighted by atomic mass is 32.2. The fourth-order valence-electron chi connectivity index (χ4n) is 2.93. The van der Waals surface area contributed by atoms with Gasteiger partial charge in [-0.15, -0.1) is 21.5 Å². The molecule has 0 saturated heterocycles. The molecule has 1 aromatic carbocycles. The Kier molecular flexibility index (Phi) is 6.14. The quantitative estimate of drug-likeness (QED) is 0.408. The van der Waals surface area contributed by atoms with Gasteiger partial charge in [0.2, 0.25) is 5.91 Å². The first-order valence-electron chi connectivity index (χ1n) is 9.43. The summed E-state index contributed by atoms with van der Waals surface area (Å²) in [5.41, 5.74) is 1.53. The third-order valence-electron chi connectivity index (χ3n) is 4.49. The number of thioether (sulfide) groups is 1. The van der Waals surface area contributed by atoms with Gasteiger partial charge in [-0.25, -0.2) is 9.18 Å². The van der Waals surface area contributed by atoms with Crippen molar-refractivity contribution in [3.8, 4) is 11.1 Å². The highest BCUT2D eigenvalue weighted by Crippen LogP contribution is 2.38. The summed E-state index contributed by atoms with van der Waals surface area (Å²) in [6.45, 7) is 1.92. The van der Waals surface area contributed by atoms with Crippen LogP contribution in [0.15, 0.2) is 41.1 Å². The molecule has 0 bridgehead atoms. The molecule has 0 spiro atoms. The van der Waals surface area contributed by atoms with Crippen molar-refractivity contribution in [2.75, 3.05) is 17.7 Å². The molecule has 1 saturated carbocycles. The Morgan fingerprint density at radius 1 is 1.33 bits per heavy atom. The van der Waals surface area contributed by atoms with Crippen LogP contribution in [0.2, 0.25) is 0 Å². The Morgan fingerprint density at radius 2 is 2.10 bits per heavy atom. The van der Waals surface area contributed by atoms with E-state index in [2.05, 4.69) is 15.5 Å². The number of anilines is 1. The van der Waals surface area contributed by atoms with Gasteiger partial charge in [-0.2, -0.15) is 0 Å². The lowest BCUT2D eigenvalue weighted by atomic mass is 10.0. The Morgan fingerprint density at radius 3 is 2.80 bits per heavy atom. The Hall–Kier alpha value is -2.72. The molecule has 7 nitrogen and oxygen atoms in total. The maximum absolute atomic E-state index is 13.3. The van der Waals surface area contributed by atoms with Crippen molar-refractivity contribution in [3.63, 3.8) is 0 Å². The number of amides is 1. The standard InChI is InChI=1S/C20H19FN4O3S2/c1-2-28-19(27)17-15(12-3-5-13(21)6-4-12)9-29-18(17)23-16(26)10-30-20-24-22-11-25(20)14-7-8-14/h3-6,9,11,14H,2,7-8,10H2,1H3,(H,23,26). The lowest BCUT2D eigenvalue weighted by Gasteiger charge is -2.09. The number of carbonyl (C=O) groups is 2. The molecule has 2 aromatic heterocycles. The van der Waals surface area contributed by atoms with Gasteiger partial charge >= 0.3 is 5.97 Å². The summed E-state index contributed by atoms with van der Waals surface area (Å²) in [6, 6.07) is 6.26. The van der Waals surface area contributed by atoms with Crippen LogP contribution >= 0.6 is 23.1 Å². The number of carbonyl (C=O) groups excluding carboxylic acids is 2. The first kappa shape index (κ1) is 20.5. The van der Waals surface area contributed by atoms with Crippen LogP contribution in [-0.4, -0.2) is 39.0 Å². The molecule has 1 fully saturated rings. The third-order valence-corrected chi connectivity index (χ3v) is 6.34. The Balaban J connectivity index is 1.51. The number of esters is 1. The number of rotatable bonds is 8. The van der Waals surface area contributed by atoms with E-state index < -0.39 is 5.97 Å². The Bertz CT molecular complexity index is 1060. The highest BCUT2D eigenvalue weighted by molar-refractivity contribution is 7.99. The van der Waals surface area contributed by atoms with E-state index in [9.17, 15) is 14.0 Å². The average molecular weight is 447 g/mol. The molecule has 1 amide bonds. The molecule has 156 valence electrons. The number of nitrogens with zero attached hydrogens (tertiary/aromatic N) is 3. The molecule has 4 rings (SSSR count). The van der Waals surface area contributed by atoms with E-state index in [4.69, 9.17) is 4.74 Å². The number of hydrogen-bond donors (Lipinski definition) is 1. The van der Waals surface area contributed by atoms with Crippen molar-refractivity contribution in [1.82, 2.24) is 14.8 Å². The van der Waals surface area contributed by atoms with E-state index >= 15 is 0 Å². The molecule has 1 aliphatic rings. The normalized spacial score (nSPS) is 13.3. The largest absolute Gasteiger partial charge is 0.462 e. The molecule has 0 atom stereocenters. The van der Waals surface area contributed by atoms with E-state index in [-0.39, 0.29) is 29.6 Å². The molecule has 0 unspecified atom stereocenters. The molecule has 2 heterocycles. The first-order chi connectivity index (χ1) is 14.6. The second-order valence-electron chi connectivity index (χ2n) is 6.67. The minimum atomic E-state index is -0.533. The second kappa shape index (κ2) is 8.97. The monoisotopic (exact) mass is 446 g/mol. The minimum Gasteiger partial charge on any atom is -0.462 e. The number of benzene rings is 1. The van der Waals surface area contributed by atoms with Gasteiger partial charge in [0.1, 0.15) is 22.7 Å². The SMILES string of the molecule is CCOC(=O)c1c(-c2ccc(F)cc2)csc1NC(=O)CSc1nncn1C1CC1. The number of aromatic nitrogens is 3. The van der Waals surface area contributed by atoms with Crippen molar-refractivity contribution in [2.45, 2.75) is 31.0 Å². The summed E-state index contributed by atoms with van der Waals surface area (Å²) < 4.78 is 20.4. The summed E-state index contributed by atoms with van der Waals surface area (Å²) >= 11 is 2.53. The molecule has 0 aliphatic heterocycles. The summed E-state index contributed by atoms with van der Waals surface area (Å²) in [7, 11) is 0. The zero-order valence-corrected chi connectivity index (χ0v) is 17.8. The van der Waals surface area contributed by atoms with Crippen LogP contribution in [0.5, 0.6) is 0 Å². The van der Waals surface area contributed by atoms with E-state index in [0.717, 1.165) is 12.8 Å². The number of thiophene rings is 1. The van der Waals surface area contributed by atoms with Crippen LogP contribution in [-0.2, 0) is 9.53 Å². The minimum absolute atomic E-state index is 0.136. The molecule has 1 aliphatic carbocycles. The topological polar surface area (TPSA) is 86.1 Å². The van der Waals surface area contributed by atoms with Crippen molar-refractivity contribution in [2.24, 2.45) is 0 Å². The Labute approximate surface area is 180 Å². The second-order valence-corrected chi connectivity index (χ2v) is 8.49. The summed E-state index contributed by atoms with van der Waals surface area (Å²) in [4.78, 5) is 25.1. The molecule has 0 radical (unpaired) electrons. The first-order valence-corrected chi connectivity index (χ1v) is 11.3. The van der Waals surface area contributed by atoms with Gasteiger partial charge in [0, 0.05) is 17.0 Å². The van der Waals surface area contributed by atoms with Crippen LogP contribution in [0.25, 0.3) is 11.1 Å². The fraction of sp³-hybridized carbons (Fsp3) is 0.300. The zero-order valence-electron chi connectivity index (χ0n) is 16.1. The van der Waals surface area contributed by atoms with Crippen LogP contribution in [0.4, 0.5) is 9.39 Å². The van der Waals surface area contributed by atoms with E-state index in [0.29, 0.717) is 27.3 Å². The molecule has 30 heavy (non-hydrogen) atoms. The third kappa shape index (κ3) is 4.54. The molecular formula is C20H19FN4O3S2. The van der Waals surface area contributed by atoms with E-state index in [1.807, 2.05) is 4.57 Å². The molecule has 3 aromatic rings. The number of nitrogens with one attached hydrogen (secondary N) is 1. The molecule has 1 N–H and O–H groups in total. The van der Waals surface area contributed by atoms with Gasteiger partial charge < -0.3 is 14.6 Å². The van der Waals surface area contributed by atoms with Gasteiger partial charge in [0.15, 0.2) is 5.16 Å². The van der Waals surface area contributed by atoms with E-state index in [1.54, 1.807) is 30.8 Å². The lowest BCUT2D eigenvalue weighted by Crippen LogP contribution is -2.16. The number of hydrogen-bond acceptors (Lipinski definition) is 7. The van der Waals surface area contributed by atoms with Gasteiger partial charge in [-0.05, 0) is 37.5 Å². The average Bonchev–Trinajstić information content (AvgIpc) is 3.32. The smallest absolute Gasteiger partial charge is 0.341 e. The maximum Gasteiger partial charge on any atom is 0.341 e. The predicted octanol–water partition coefficient (Wildman–Crippen LogP) is 4.39. The number of ether oxygens (including phenoxy) is 1. The molecular weight excluding hydrogens is 427 g/mol. The highest BCUT2D eigenvalue weighted by Gasteiger charge is 2.27. The van der Waals surface area contributed by atoms with Crippen molar-refractivity contribution in [1.29, 1.82) is 0 Å². The maximum atomic E-state index is 13.3. The van der Waals surface area contributed by atoms with Gasteiger partial charge in [0.05, 0.1) is 12.4 Å². The van der Waals surface area contributed by atoms with Crippen LogP contribution < -0.4 is 5.32 Å². The summed E-state index contributed by atoms with van der Waals surface area (Å²) in [6.07, 6.45) is 3.88. The van der Waals surface area contributed by atoms with Gasteiger partial charge in [-0.1, -0.05) is 23.9 Å². The van der Waals surface area contributed by atoms with Gasteiger partial charge in [-0.3, -0.25) is 4.79 Å². The van der Waals surface area contributed by atoms with E-state index in [1.165, 1.54) is 35.2 Å². The van der Waals surface area contributed by atoms with Gasteiger partial charge in [0.25, 0.3) is 0 Å². The van der Waals surface area contributed by atoms with Crippen LogP contribution in [0.1, 0.15) is 36.2 Å². The van der Waals surface area contributed by atoms with Crippen molar-refractivity contribution >= 4 is 40.0 Å². The zero-order chi connectivity index (χ0) is 21.1. The van der Waals surface area contributed by atoms with Crippen molar-refractivity contribution in [3.05, 3.63) is 47.4 Å². The van der Waals surface area contributed by atoms with Crippen molar-refractivity contribution < 1.29 is 18.7 Å². The predicted molar refractivity (Wildman–Crippen MR) is 113 cm³/mol. The molecule has 10 heteroatoms. The number of halogens is 1. The summed E-state index contributed by atoms with van der Waals surface area (Å²) in [5.74, 6) is -1.02. The lowest BCUT2D eigenvalue weighted by molar-refractivity contribution is -0.113.